The lowest BCUT2D eigenvalue weighted by atomic mass is 9.88. The van der Waals surface area contributed by atoms with Crippen LogP contribution in [0.15, 0.2) is 24.3 Å². The summed E-state index contributed by atoms with van der Waals surface area (Å²) in [7, 11) is 0. The number of carboxylic acid groups (broad SMARTS) is 1. The molecule has 0 spiro atoms. The van der Waals surface area contributed by atoms with E-state index < -0.39 is 11.9 Å². The van der Waals surface area contributed by atoms with Crippen molar-refractivity contribution in [2.75, 3.05) is 0 Å². The molecule has 17 heavy (non-hydrogen) atoms. The number of hydrogen-bond donors (Lipinski definition) is 2. The molecule has 1 fully saturated rings. The van der Waals surface area contributed by atoms with Crippen LogP contribution in [0.25, 0.3) is 0 Å². The van der Waals surface area contributed by atoms with Gasteiger partial charge in [0.1, 0.15) is 5.82 Å². The molecule has 3 atom stereocenters. The standard InChI is InChI=1S/C12H15FN2O2/c1-2-9-10(12(16)17)11(15-14-9)7-3-5-8(13)6-4-7/h3-6,9-11,14-15H,2H2,1H3,(H,16,17)/p-1. The summed E-state index contributed by atoms with van der Waals surface area (Å²) in [6, 6.07) is 5.26. The summed E-state index contributed by atoms with van der Waals surface area (Å²) < 4.78 is 12.8. The van der Waals surface area contributed by atoms with Gasteiger partial charge in [-0.1, -0.05) is 19.1 Å². The Labute approximate surface area is 98.8 Å². The summed E-state index contributed by atoms with van der Waals surface area (Å²) in [5.74, 6) is -2.08. The van der Waals surface area contributed by atoms with Gasteiger partial charge in [-0.3, -0.25) is 5.43 Å². The monoisotopic (exact) mass is 237 g/mol. The molecular weight excluding hydrogens is 223 g/mol. The summed E-state index contributed by atoms with van der Waals surface area (Å²) in [4.78, 5) is 11.2. The maximum Gasteiger partial charge on any atom is 0.123 e. The Hall–Kier alpha value is -1.46. The molecule has 0 amide bonds. The Morgan fingerprint density at radius 3 is 2.53 bits per heavy atom. The predicted molar refractivity (Wildman–Crippen MR) is 58.0 cm³/mol. The maximum atomic E-state index is 12.8. The number of rotatable bonds is 3. The van der Waals surface area contributed by atoms with Crippen molar-refractivity contribution in [3.8, 4) is 0 Å². The Balaban J connectivity index is 2.26. The highest BCUT2D eigenvalue weighted by Crippen LogP contribution is 2.29. The minimum atomic E-state index is -1.09. The molecule has 0 aromatic heterocycles. The molecule has 0 aliphatic carbocycles. The Morgan fingerprint density at radius 1 is 1.35 bits per heavy atom. The second-order valence-electron chi connectivity index (χ2n) is 4.18. The summed E-state index contributed by atoms with van der Waals surface area (Å²) >= 11 is 0. The SMILES string of the molecule is CCC1NNC(c2ccc(F)cc2)C1C(=O)[O-]. The molecular formula is C12H14FN2O2-. The first-order valence-electron chi connectivity index (χ1n) is 5.61. The summed E-state index contributed by atoms with van der Waals surface area (Å²) in [6.07, 6.45) is 0.684. The van der Waals surface area contributed by atoms with E-state index in [1.807, 2.05) is 6.92 Å². The molecule has 1 aliphatic rings. The fourth-order valence-corrected chi connectivity index (χ4v) is 2.23. The van der Waals surface area contributed by atoms with Gasteiger partial charge in [0.05, 0.1) is 6.04 Å². The molecule has 0 saturated carbocycles. The lowest BCUT2D eigenvalue weighted by Gasteiger charge is -2.23. The average Bonchev–Trinajstić information content (AvgIpc) is 2.73. The normalized spacial score (nSPS) is 28.2. The van der Waals surface area contributed by atoms with Gasteiger partial charge >= 0.3 is 0 Å². The number of nitrogens with one attached hydrogen (secondary N) is 2. The summed E-state index contributed by atoms with van der Waals surface area (Å²) in [5.41, 5.74) is 6.61. The molecule has 3 unspecified atom stereocenters. The molecule has 92 valence electrons. The van der Waals surface area contributed by atoms with Crippen LogP contribution in [-0.4, -0.2) is 12.0 Å². The van der Waals surface area contributed by atoms with Crippen LogP contribution >= 0.6 is 0 Å². The van der Waals surface area contributed by atoms with Crippen molar-refractivity contribution < 1.29 is 14.3 Å². The molecule has 2 rings (SSSR count). The number of benzene rings is 1. The van der Waals surface area contributed by atoms with E-state index in [0.29, 0.717) is 6.42 Å². The van der Waals surface area contributed by atoms with Crippen LogP contribution in [0.4, 0.5) is 4.39 Å². The van der Waals surface area contributed by atoms with Crippen LogP contribution in [0.3, 0.4) is 0 Å². The van der Waals surface area contributed by atoms with Crippen molar-refractivity contribution in [3.63, 3.8) is 0 Å². The second kappa shape index (κ2) is 4.81. The van der Waals surface area contributed by atoms with Gasteiger partial charge in [0.15, 0.2) is 0 Å². The van der Waals surface area contributed by atoms with Gasteiger partial charge in [-0.25, -0.2) is 9.82 Å². The molecule has 4 nitrogen and oxygen atoms in total. The Bertz CT molecular complexity index is 407. The number of carbonyl (C=O) groups excluding carboxylic acids is 1. The minimum absolute atomic E-state index is 0.171. The highest BCUT2D eigenvalue weighted by Gasteiger charge is 2.36. The number of carbonyl (C=O) groups is 1. The first-order chi connectivity index (χ1) is 8.13. The molecule has 1 saturated heterocycles. The van der Waals surface area contributed by atoms with Crippen LogP contribution in [0.1, 0.15) is 24.9 Å². The number of hydrazine groups is 1. The fraction of sp³-hybridized carbons (Fsp3) is 0.417. The second-order valence-corrected chi connectivity index (χ2v) is 4.18. The van der Waals surface area contributed by atoms with Gasteiger partial charge in [-0.2, -0.15) is 0 Å². The van der Waals surface area contributed by atoms with E-state index in [9.17, 15) is 14.3 Å². The fourth-order valence-electron chi connectivity index (χ4n) is 2.23. The van der Waals surface area contributed by atoms with Crippen molar-refractivity contribution in [1.82, 2.24) is 10.9 Å². The molecule has 1 aromatic carbocycles. The largest absolute Gasteiger partial charge is 0.550 e. The zero-order valence-corrected chi connectivity index (χ0v) is 9.44. The van der Waals surface area contributed by atoms with Crippen LogP contribution in [0.5, 0.6) is 0 Å². The van der Waals surface area contributed by atoms with Gasteiger partial charge in [0.25, 0.3) is 0 Å². The van der Waals surface area contributed by atoms with Gasteiger partial charge in [0.2, 0.25) is 0 Å². The van der Waals surface area contributed by atoms with E-state index >= 15 is 0 Å². The van der Waals surface area contributed by atoms with Crippen molar-refractivity contribution in [2.45, 2.75) is 25.4 Å². The zero-order chi connectivity index (χ0) is 12.4. The predicted octanol–water partition coefficient (Wildman–Crippen LogP) is 0.119. The van der Waals surface area contributed by atoms with E-state index in [2.05, 4.69) is 10.9 Å². The Morgan fingerprint density at radius 2 is 2.00 bits per heavy atom. The number of aliphatic carboxylic acids is 1. The molecule has 0 radical (unpaired) electrons. The number of carboxylic acids is 1. The zero-order valence-electron chi connectivity index (χ0n) is 9.44. The van der Waals surface area contributed by atoms with Crippen molar-refractivity contribution in [3.05, 3.63) is 35.6 Å². The third kappa shape index (κ3) is 2.30. The van der Waals surface area contributed by atoms with Crippen LogP contribution in [-0.2, 0) is 4.79 Å². The van der Waals surface area contributed by atoms with Crippen molar-refractivity contribution in [2.24, 2.45) is 5.92 Å². The number of halogens is 1. The van der Waals surface area contributed by atoms with Crippen LogP contribution < -0.4 is 16.0 Å². The van der Waals surface area contributed by atoms with E-state index in [0.717, 1.165) is 5.56 Å². The third-order valence-electron chi connectivity index (χ3n) is 3.16. The minimum Gasteiger partial charge on any atom is -0.550 e. The molecule has 2 N–H and O–H groups in total. The smallest absolute Gasteiger partial charge is 0.123 e. The van der Waals surface area contributed by atoms with E-state index in [1.54, 1.807) is 12.1 Å². The molecule has 5 heteroatoms. The highest BCUT2D eigenvalue weighted by molar-refractivity contribution is 5.70. The van der Waals surface area contributed by atoms with E-state index in [1.165, 1.54) is 12.1 Å². The third-order valence-corrected chi connectivity index (χ3v) is 3.16. The molecule has 1 aromatic rings. The van der Waals surface area contributed by atoms with Crippen molar-refractivity contribution >= 4 is 5.97 Å². The lowest BCUT2D eigenvalue weighted by Crippen LogP contribution is -2.40. The molecule has 1 aliphatic heterocycles. The molecule has 0 bridgehead atoms. The van der Waals surface area contributed by atoms with Gasteiger partial charge in [0, 0.05) is 17.9 Å². The topological polar surface area (TPSA) is 64.2 Å². The highest BCUT2D eigenvalue weighted by atomic mass is 19.1. The van der Waals surface area contributed by atoms with Gasteiger partial charge in [-0.15, -0.1) is 0 Å². The van der Waals surface area contributed by atoms with Gasteiger partial charge < -0.3 is 9.90 Å². The first-order valence-corrected chi connectivity index (χ1v) is 5.61. The first kappa shape index (κ1) is 12.0. The average molecular weight is 237 g/mol. The molecule has 1 heterocycles. The quantitative estimate of drug-likeness (QED) is 0.783. The summed E-state index contributed by atoms with van der Waals surface area (Å²) in [5, 5.41) is 11.2. The van der Waals surface area contributed by atoms with Crippen LogP contribution in [0, 0.1) is 11.7 Å². The van der Waals surface area contributed by atoms with Gasteiger partial charge in [-0.05, 0) is 24.1 Å². The summed E-state index contributed by atoms with van der Waals surface area (Å²) in [6.45, 7) is 1.91. The number of hydrogen-bond acceptors (Lipinski definition) is 4. The van der Waals surface area contributed by atoms with Crippen molar-refractivity contribution in [1.29, 1.82) is 0 Å². The van der Waals surface area contributed by atoms with E-state index in [4.69, 9.17) is 0 Å². The lowest BCUT2D eigenvalue weighted by molar-refractivity contribution is -0.312. The Kier molecular flexibility index (Phi) is 3.40. The van der Waals surface area contributed by atoms with E-state index in [-0.39, 0.29) is 17.9 Å². The maximum absolute atomic E-state index is 12.8. The van der Waals surface area contributed by atoms with Crippen LogP contribution in [0.2, 0.25) is 0 Å².